The summed E-state index contributed by atoms with van der Waals surface area (Å²) in [5, 5.41) is 10.4. The predicted molar refractivity (Wildman–Crippen MR) is 206 cm³/mol. The van der Waals surface area contributed by atoms with Crippen LogP contribution in [0.5, 0.6) is 0 Å². The minimum atomic E-state index is -1.28. The van der Waals surface area contributed by atoms with Gasteiger partial charge in [0, 0.05) is 13.0 Å². The Morgan fingerprint density at radius 2 is 1.58 bits per heavy atom. The molecule has 14 nitrogen and oxygen atoms in total. The van der Waals surface area contributed by atoms with E-state index in [-0.39, 0.29) is 52.5 Å². The fourth-order valence-corrected chi connectivity index (χ4v) is 7.37. The first-order chi connectivity index (χ1) is 26.2. The van der Waals surface area contributed by atoms with Gasteiger partial charge in [-0.05, 0) is 49.8 Å². The minimum Gasteiger partial charge on any atom is -0.372 e. The maximum atomic E-state index is 14.7. The summed E-state index contributed by atoms with van der Waals surface area (Å²) in [4.78, 5) is 93.4. The predicted octanol–water partition coefficient (Wildman–Crippen LogP) is 3.47. The Kier molecular flexibility index (Phi) is 16.3. The van der Waals surface area contributed by atoms with Gasteiger partial charge < -0.3 is 36.6 Å². The van der Waals surface area contributed by atoms with Crippen molar-refractivity contribution in [2.24, 2.45) is 11.7 Å². The SMILES string of the molecule is CCCC(NC(=O)[C@@H]1C[C@@H](OCc2ccccc2)CN1C(=O)C(NC(=O)c1cc(Cl)c(Cl)cc1Cl)C1CCCCC1)C(=O)C(=O)NCC(=O)N[C@H](C)C(N)=O. The lowest BCUT2D eigenvalue weighted by Crippen LogP contribution is -2.58. The van der Waals surface area contributed by atoms with E-state index < -0.39 is 78.0 Å². The van der Waals surface area contributed by atoms with Crippen molar-refractivity contribution in [2.45, 2.75) is 102 Å². The molecule has 1 saturated carbocycles. The Labute approximate surface area is 334 Å². The highest BCUT2D eigenvalue weighted by atomic mass is 35.5. The molecule has 0 bridgehead atoms. The lowest BCUT2D eigenvalue weighted by Gasteiger charge is -2.35. The topological polar surface area (TPSA) is 206 Å². The Morgan fingerprint density at radius 1 is 0.909 bits per heavy atom. The number of ether oxygens (including phenoxy) is 1. The summed E-state index contributed by atoms with van der Waals surface area (Å²) < 4.78 is 6.20. The molecule has 0 spiro atoms. The molecule has 2 aliphatic rings. The molecule has 0 aromatic heterocycles. The first kappa shape index (κ1) is 43.5. The second-order valence-corrected chi connectivity index (χ2v) is 15.1. The van der Waals surface area contributed by atoms with Gasteiger partial charge in [0.2, 0.25) is 29.4 Å². The monoisotopic (exact) mass is 820 g/mol. The number of rotatable bonds is 17. The molecule has 17 heteroatoms. The first-order valence-corrected chi connectivity index (χ1v) is 19.5. The first-order valence-electron chi connectivity index (χ1n) is 18.3. The zero-order chi connectivity index (χ0) is 40.2. The number of ketones is 1. The second kappa shape index (κ2) is 20.6. The summed E-state index contributed by atoms with van der Waals surface area (Å²) in [5.74, 6) is -5.72. The molecule has 1 heterocycles. The Morgan fingerprint density at radius 3 is 2.24 bits per heavy atom. The number of nitrogens with two attached hydrogens (primary N) is 1. The molecule has 2 aromatic rings. The Hall–Kier alpha value is -4.24. The van der Waals surface area contributed by atoms with Gasteiger partial charge in [-0.25, -0.2) is 0 Å². The molecule has 5 atom stereocenters. The van der Waals surface area contributed by atoms with Crippen LogP contribution in [0, 0.1) is 5.92 Å². The van der Waals surface area contributed by atoms with Crippen LogP contribution in [-0.4, -0.2) is 89.5 Å². The maximum Gasteiger partial charge on any atom is 0.290 e. The summed E-state index contributed by atoms with van der Waals surface area (Å²) in [5.41, 5.74) is 6.07. The molecule has 6 N–H and O–H groups in total. The Balaban J connectivity index is 1.57. The molecule has 55 heavy (non-hydrogen) atoms. The lowest BCUT2D eigenvalue weighted by atomic mass is 9.83. The number of primary amides is 1. The van der Waals surface area contributed by atoms with Gasteiger partial charge in [0.15, 0.2) is 0 Å². The van der Waals surface area contributed by atoms with Crippen molar-refractivity contribution >= 4 is 76.0 Å². The molecule has 1 aliphatic heterocycles. The highest BCUT2D eigenvalue weighted by Crippen LogP contribution is 2.32. The van der Waals surface area contributed by atoms with Crippen molar-refractivity contribution in [1.82, 2.24) is 26.2 Å². The van der Waals surface area contributed by atoms with Crippen molar-refractivity contribution in [2.75, 3.05) is 13.1 Å². The zero-order valence-corrected chi connectivity index (χ0v) is 33.0. The van der Waals surface area contributed by atoms with E-state index in [1.54, 1.807) is 6.92 Å². The van der Waals surface area contributed by atoms with Crippen molar-refractivity contribution in [1.29, 1.82) is 0 Å². The van der Waals surface area contributed by atoms with Crippen LogP contribution in [0.1, 0.15) is 81.1 Å². The fraction of sp³-hybridized carbons (Fsp3) is 0.500. The van der Waals surface area contributed by atoms with Crippen LogP contribution in [0.2, 0.25) is 15.1 Å². The summed E-state index contributed by atoms with van der Waals surface area (Å²) in [6.07, 6.45) is 3.97. The van der Waals surface area contributed by atoms with E-state index in [2.05, 4.69) is 21.3 Å². The molecule has 1 aliphatic carbocycles. The lowest BCUT2D eigenvalue weighted by molar-refractivity contribution is -0.143. The van der Waals surface area contributed by atoms with Crippen LogP contribution in [0.4, 0.5) is 0 Å². The second-order valence-electron chi connectivity index (χ2n) is 13.8. The number of hydrogen-bond acceptors (Lipinski definition) is 8. The number of likely N-dealkylation sites (tertiary alicyclic amines) is 1. The molecule has 2 unspecified atom stereocenters. The summed E-state index contributed by atoms with van der Waals surface area (Å²) in [7, 11) is 0. The van der Waals surface area contributed by atoms with E-state index in [4.69, 9.17) is 45.3 Å². The van der Waals surface area contributed by atoms with Gasteiger partial charge in [0.25, 0.3) is 11.8 Å². The molecule has 2 fully saturated rings. The van der Waals surface area contributed by atoms with Crippen molar-refractivity contribution in [3.8, 4) is 0 Å². The van der Waals surface area contributed by atoms with Gasteiger partial charge in [-0.2, -0.15) is 0 Å². The third kappa shape index (κ3) is 12.1. The number of amides is 6. The van der Waals surface area contributed by atoms with E-state index in [1.165, 1.54) is 24.0 Å². The maximum absolute atomic E-state index is 14.7. The highest BCUT2D eigenvalue weighted by molar-refractivity contribution is 6.44. The van der Waals surface area contributed by atoms with Gasteiger partial charge in [-0.15, -0.1) is 0 Å². The number of benzene rings is 2. The van der Waals surface area contributed by atoms with Crippen LogP contribution in [-0.2, 0) is 40.1 Å². The van der Waals surface area contributed by atoms with Crippen LogP contribution in [0.15, 0.2) is 42.5 Å². The van der Waals surface area contributed by atoms with Crippen LogP contribution in [0.3, 0.4) is 0 Å². The molecule has 6 amide bonds. The van der Waals surface area contributed by atoms with E-state index in [0.29, 0.717) is 19.3 Å². The van der Waals surface area contributed by atoms with Gasteiger partial charge in [0.1, 0.15) is 18.1 Å². The van der Waals surface area contributed by atoms with E-state index in [0.717, 1.165) is 24.8 Å². The number of carbonyl (C=O) groups is 7. The number of carbonyl (C=O) groups excluding carboxylic acids is 7. The molecule has 298 valence electrons. The van der Waals surface area contributed by atoms with Crippen molar-refractivity contribution in [3.63, 3.8) is 0 Å². The van der Waals surface area contributed by atoms with E-state index in [1.807, 2.05) is 30.3 Å². The summed E-state index contributed by atoms with van der Waals surface area (Å²) in [6, 6.07) is 7.62. The van der Waals surface area contributed by atoms with E-state index >= 15 is 0 Å². The molecular formula is C38H47Cl3N6O8. The average molecular weight is 822 g/mol. The number of Topliss-reactive ketones (excluding diaryl/α,β-unsaturated/α-hetero) is 1. The number of nitrogens with zero attached hydrogens (tertiary/aromatic N) is 1. The molecule has 4 rings (SSSR count). The smallest absolute Gasteiger partial charge is 0.290 e. The summed E-state index contributed by atoms with van der Waals surface area (Å²) in [6.45, 7) is 2.75. The highest BCUT2D eigenvalue weighted by Gasteiger charge is 2.45. The third-order valence-electron chi connectivity index (χ3n) is 9.75. The summed E-state index contributed by atoms with van der Waals surface area (Å²) >= 11 is 18.7. The molecule has 0 radical (unpaired) electrons. The van der Waals surface area contributed by atoms with Gasteiger partial charge in [-0.3, -0.25) is 33.6 Å². The van der Waals surface area contributed by atoms with Crippen LogP contribution < -0.4 is 27.0 Å². The molecule has 2 aromatic carbocycles. The van der Waals surface area contributed by atoms with E-state index in [9.17, 15) is 33.6 Å². The van der Waals surface area contributed by atoms with Crippen LogP contribution >= 0.6 is 34.8 Å². The van der Waals surface area contributed by atoms with Crippen molar-refractivity contribution < 1.29 is 38.3 Å². The minimum absolute atomic E-state index is 0.0160. The van der Waals surface area contributed by atoms with Gasteiger partial charge in [-0.1, -0.05) is 97.7 Å². The molecular weight excluding hydrogens is 775 g/mol. The molecule has 1 saturated heterocycles. The third-order valence-corrected chi connectivity index (χ3v) is 10.8. The zero-order valence-electron chi connectivity index (χ0n) is 30.7. The normalized spacial score (nSPS) is 18.7. The van der Waals surface area contributed by atoms with Gasteiger partial charge >= 0.3 is 0 Å². The number of nitrogens with one attached hydrogen (secondary N) is 4. The van der Waals surface area contributed by atoms with Gasteiger partial charge in [0.05, 0.1) is 45.9 Å². The Bertz CT molecular complexity index is 1740. The van der Waals surface area contributed by atoms with Crippen LogP contribution in [0.25, 0.3) is 0 Å². The number of hydrogen-bond donors (Lipinski definition) is 5. The fourth-order valence-electron chi connectivity index (χ4n) is 6.74. The number of halogens is 3. The standard InChI is InChI=1S/C38H47Cl3N6O8/c1-3-10-29(33(49)37(53)43-18-31(48)44-21(2)34(42)50)45-36(52)30-15-24(55-20-22-11-6-4-7-12-22)19-47(30)38(54)32(23-13-8-5-9-14-23)46-35(51)25-16-27(40)28(41)17-26(25)39/h4,6-7,11-12,16-17,21,23-24,29-30,32H,3,5,8-10,13-15,18-20H2,1-2H3,(H2,42,50)(H,43,53)(H,44,48)(H,45,52)(H,46,51)/t21-,24-,29?,30+,32?/m1/s1. The average Bonchev–Trinajstić information content (AvgIpc) is 3.61. The van der Waals surface area contributed by atoms with Crippen molar-refractivity contribution in [3.05, 3.63) is 68.7 Å². The largest absolute Gasteiger partial charge is 0.372 e. The quantitative estimate of drug-likeness (QED) is 0.118.